The summed E-state index contributed by atoms with van der Waals surface area (Å²) in [6.45, 7) is 0. The van der Waals surface area contributed by atoms with Gasteiger partial charge in [-0.1, -0.05) is 18.2 Å². The van der Waals surface area contributed by atoms with Crippen molar-refractivity contribution in [1.82, 2.24) is 4.90 Å². The molecule has 0 aromatic heterocycles. The molecule has 3 rings (SSSR count). The molecule has 0 spiro atoms. The van der Waals surface area contributed by atoms with Gasteiger partial charge in [0.25, 0.3) is 0 Å². The van der Waals surface area contributed by atoms with Crippen molar-refractivity contribution in [3.8, 4) is 0 Å². The van der Waals surface area contributed by atoms with E-state index in [0.29, 0.717) is 18.4 Å². The van der Waals surface area contributed by atoms with Crippen LogP contribution >= 0.6 is 0 Å². The van der Waals surface area contributed by atoms with Crippen molar-refractivity contribution in [3.05, 3.63) is 35.9 Å². The molecule has 0 saturated carbocycles. The average Bonchev–Trinajstić information content (AvgIpc) is 2.72. The van der Waals surface area contributed by atoms with E-state index in [-0.39, 0.29) is 24.2 Å². The Bertz CT molecular complexity index is 502. The van der Waals surface area contributed by atoms with Crippen molar-refractivity contribution in [2.75, 3.05) is 0 Å². The van der Waals surface area contributed by atoms with Crippen LogP contribution in [0.15, 0.2) is 30.3 Å². The largest absolute Gasteiger partial charge is 0.465 e. The van der Waals surface area contributed by atoms with Gasteiger partial charge in [0, 0.05) is 24.9 Å². The van der Waals surface area contributed by atoms with E-state index in [1.165, 1.54) is 4.90 Å². The van der Waals surface area contributed by atoms with Crippen LogP contribution in [0.5, 0.6) is 0 Å². The lowest BCUT2D eigenvalue weighted by Gasteiger charge is -2.36. The molecule has 2 fully saturated rings. The van der Waals surface area contributed by atoms with E-state index in [4.69, 9.17) is 4.74 Å². The summed E-state index contributed by atoms with van der Waals surface area (Å²) >= 11 is 0. The molecule has 2 aliphatic heterocycles. The third kappa shape index (κ3) is 2.35. The predicted octanol–water partition coefficient (Wildman–Crippen LogP) is 2.52. The highest BCUT2D eigenvalue weighted by molar-refractivity contribution is 5.89. The minimum Gasteiger partial charge on any atom is -0.465 e. The van der Waals surface area contributed by atoms with Crippen LogP contribution in [0.4, 0.5) is 4.79 Å². The number of nitrogens with zero attached hydrogens (tertiary/aromatic N) is 1. The van der Waals surface area contributed by atoms with Crippen molar-refractivity contribution in [2.45, 2.75) is 43.9 Å². The summed E-state index contributed by atoms with van der Waals surface area (Å²) in [6, 6.07) is 8.90. The van der Waals surface area contributed by atoms with Gasteiger partial charge in [0.2, 0.25) is 0 Å². The number of carboxylic acid groups (broad SMARTS) is 1. The highest BCUT2D eigenvalue weighted by Gasteiger charge is 2.44. The maximum absolute atomic E-state index is 12.0. The molecular formula is C15H17NO4. The van der Waals surface area contributed by atoms with Gasteiger partial charge in [-0.3, -0.25) is 0 Å². The lowest BCUT2D eigenvalue weighted by molar-refractivity contribution is -0.00208. The first-order chi connectivity index (χ1) is 9.65. The van der Waals surface area contributed by atoms with Gasteiger partial charge in [0.15, 0.2) is 0 Å². The van der Waals surface area contributed by atoms with Crippen LogP contribution in [0, 0.1) is 0 Å². The first kappa shape index (κ1) is 13.0. The van der Waals surface area contributed by atoms with Gasteiger partial charge >= 0.3 is 12.1 Å². The van der Waals surface area contributed by atoms with Crippen LogP contribution in [-0.4, -0.2) is 40.3 Å². The van der Waals surface area contributed by atoms with Crippen LogP contribution in [0.25, 0.3) is 0 Å². The van der Waals surface area contributed by atoms with E-state index in [2.05, 4.69) is 0 Å². The van der Waals surface area contributed by atoms with Gasteiger partial charge in [-0.05, 0) is 25.0 Å². The Labute approximate surface area is 117 Å². The van der Waals surface area contributed by atoms with E-state index >= 15 is 0 Å². The number of amides is 1. The second kappa shape index (κ2) is 5.15. The van der Waals surface area contributed by atoms with Crippen molar-refractivity contribution >= 4 is 12.1 Å². The smallest absolute Gasteiger partial charge is 0.407 e. The van der Waals surface area contributed by atoms with Crippen molar-refractivity contribution in [1.29, 1.82) is 0 Å². The Balaban J connectivity index is 1.64. The fraction of sp³-hybridized carbons (Fsp3) is 0.467. The third-order valence-electron chi connectivity index (χ3n) is 4.19. The summed E-state index contributed by atoms with van der Waals surface area (Å²) in [5, 5.41) is 9.18. The molecule has 2 heterocycles. The van der Waals surface area contributed by atoms with Gasteiger partial charge < -0.3 is 14.7 Å². The lowest BCUT2D eigenvalue weighted by atomic mass is 10.00. The topological polar surface area (TPSA) is 66.8 Å². The van der Waals surface area contributed by atoms with Gasteiger partial charge in [-0.2, -0.15) is 0 Å². The summed E-state index contributed by atoms with van der Waals surface area (Å²) in [4.78, 5) is 24.7. The average molecular weight is 275 g/mol. The van der Waals surface area contributed by atoms with E-state index in [0.717, 1.165) is 12.8 Å². The standard InChI is InChI=1S/C15H17NO4/c17-14(10-4-2-1-3-5-10)20-13-8-11-6-7-12(9-13)16(11)15(18)19/h1-5,11-13H,6-9H2,(H,18,19). The molecule has 2 bridgehead atoms. The summed E-state index contributed by atoms with van der Waals surface area (Å²) in [7, 11) is 0. The fourth-order valence-electron chi connectivity index (χ4n) is 3.33. The molecule has 1 aromatic rings. The zero-order chi connectivity index (χ0) is 14.1. The van der Waals surface area contributed by atoms with Crippen molar-refractivity contribution < 1.29 is 19.4 Å². The lowest BCUT2D eigenvalue weighted by Crippen LogP contribution is -2.48. The number of ether oxygens (including phenoxy) is 1. The van der Waals surface area contributed by atoms with Gasteiger partial charge in [-0.15, -0.1) is 0 Å². The molecule has 1 amide bonds. The third-order valence-corrected chi connectivity index (χ3v) is 4.19. The monoisotopic (exact) mass is 275 g/mol. The maximum atomic E-state index is 12.0. The Hall–Kier alpha value is -2.04. The predicted molar refractivity (Wildman–Crippen MR) is 71.6 cm³/mol. The van der Waals surface area contributed by atoms with Crippen LogP contribution in [-0.2, 0) is 4.74 Å². The molecule has 2 unspecified atom stereocenters. The number of benzene rings is 1. The molecule has 1 aromatic carbocycles. The van der Waals surface area contributed by atoms with E-state index in [9.17, 15) is 14.7 Å². The molecule has 5 heteroatoms. The number of carbonyl (C=O) groups excluding carboxylic acids is 1. The van der Waals surface area contributed by atoms with Crippen LogP contribution in [0.3, 0.4) is 0 Å². The summed E-state index contributed by atoms with van der Waals surface area (Å²) in [5.74, 6) is -0.321. The van der Waals surface area contributed by atoms with Gasteiger partial charge in [0.05, 0.1) is 5.56 Å². The Morgan fingerprint density at radius 2 is 1.70 bits per heavy atom. The molecular weight excluding hydrogens is 258 g/mol. The number of fused-ring (bicyclic) bond motifs is 2. The second-order valence-corrected chi connectivity index (χ2v) is 5.44. The summed E-state index contributed by atoms with van der Waals surface area (Å²) in [5.41, 5.74) is 0.542. The zero-order valence-electron chi connectivity index (χ0n) is 11.1. The van der Waals surface area contributed by atoms with E-state index < -0.39 is 6.09 Å². The first-order valence-corrected chi connectivity index (χ1v) is 6.92. The molecule has 5 nitrogen and oxygen atoms in total. The van der Waals surface area contributed by atoms with E-state index in [1.807, 2.05) is 6.07 Å². The maximum Gasteiger partial charge on any atom is 0.407 e. The van der Waals surface area contributed by atoms with Gasteiger partial charge in [-0.25, -0.2) is 9.59 Å². The molecule has 2 atom stereocenters. The normalized spacial score (nSPS) is 28.2. The Morgan fingerprint density at radius 3 is 2.25 bits per heavy atom. The van der Waals surface area contributed by atoms with Crippen LogP contribution < -0.4 is 0 Å². The number of hydrogen-bond donors (Lipinski definition) is 1. The Morgan fingerprint density at radius 1 is 1.10 bits per heavy atom. The molecule has 1 N–H and O–H groups in total. The highest BCUT2D eigenvalue weighted by atomic mass is 16.5. The second-order valence-electron chi connectivity index (χ2n) is 5.44. The van der Waals surface area contributed by atoms with Crippen LogP contribution in [0.2, 0.25) is 0 Å². The minimum atomic E-state index is -0.856. The Kier molecular flexibility index (Phi) is 3.34. The quantitative estimate of drug-likeness (QED) is 0.842. The molecule has 20 heavy (non-hydrogen) atoms. The highest BCUT2D eigenvalue weighted by Crippen LogP contribution is 2.37. The molecule has 106 valence electrons. The number of hydrogen-bond acceptors (Lipinski definition) is 3. The molecule has 0 aliphatic carbocycles. The summed E-state index contributed by atoms with van der Waals surface area (Å²) < 4.78 is 5.53. The number of esters is 1. The number of carbonyl (C=O) groups is 2. The fourth-order valence-corrected chi connectivity index (χ4v) is 3.33. The van der Waals surface area contributed by atoms with Crippen molar-refractivity contribution in [3.63, 3.8) is 0 Å². The number of rotatable bonds is 2. The van der Waals surface area contributed by atoms with Crippen LogP contribution in [0.1, 0.15) is 36.0 Å². The molecule has 2 aliphatic rings. The molecule has 2 saturated heterocycles. The zero-order valence-corrected chi connectivity index (χ0v) is 11.1. The first-order valence-electron chi connectivity index (χ1n) is 6.92. The molecule has 0 radical (unpaired) electrons. The SMILES string of the molecule is O=C(OC1CC2CCC(C1)N2C(=O)O)c1ccccc1. The minimum absolute atomic E-state index is 0.000164. The number of piperidine rings is 1. The van der Waals surface area contributed by atoms with E-state index in [1.54, 1.807) is 24.3 Å². The van der Waals surface area contributed by atoms with Gasteiger partial charge in [0.1, 0.15) is 6.10 Å². The van der Waals surface area contributed by atoms with Crippen molar-refractivity contribution in [2.24, 2.45) is 0 Å². The summed E-state index contributed by atoms with van der Waals surface area (Å²) in [6.07, 6.45) is 1.94.